The van der Waals surface area contributed by atoms with Gasteiger partial charge in [0.15, 0.2) is 5.13 Å². The zero-order valence-corrected chi connectivity index (χ0v) is 14.3. The van der Waals surface area contributed by atoms with Crippen LogP contribution in [0.1, 0.15) is 25.1 Å². The number of thiazole rings is 1. The van der Waals surface area contributed by atoms with Crippen molar-refractivity contribution in [3.05, 3.63) is 11.1 Å². The lowest BCUT2D eigenvalue weighted by atomic mass is 10.2. The summed E-state index contributed by atoms with van der Waals surface area (Å²) >= 11 is 1.81. The molecule has 0 saturated carbocycles. The molecule has 0 aromatic carbocycles. The number of hydrogen-bond acceptors (Lipinski definition) is 6. The molecule has 1 aromatic rings. The van der Waals surface area contributed by atoms with E-state index in [1.807, 2.05) is 6.20 Å². The number of anilines is 1. The van der Waals surface area contributed by atoms with Crippen molar-refractivity contribution in [2.24, 2.45) is 0 Å². The third-order valence-electron chi connectivity index (χ3n) is 4.12. The first-order chi connectivity index (χ1) is 10.2. The number of methoxy groups -OCH3 is 1. The molecule has 0 amide bonds. The highest BCUT2D eigenvalue weighted by Gasteiger charge is 2.21. The number of nitrogens with one attached hydrogen (secondary N) is 1. The quantitative estimate of drug-likeness (QED) is 0.741. The van der Waals surface area contributed by atoms with Crippen molar-refractivity contribution < 1.29 is 4.74 Å². The second-order valence-electron chi connectivity index (χ2n) is 5.56. The van der Waals surface area contributed by atoms with Gasteiger partial charge in [-0.15, -0.1) is 11.3 Å². The van der Waals surface area contributed by atoms with Gasteiger partial charge in [0.05, 0.1) is 6.61 Å². The van der Waals surface area contributed by atoms with E-state index in [4.69, 9.17) is 4.74 Å². The van der Waals surface area contributed by atoms with Crippen LogP contribution in [0.15, 0.2) is 6.20 Å². The maximum Gasteiger partial charge on any atom is 0.185 e. The Balaban J connectivity index is 1.77. The molecule has 1 unspecified atom stereocenters. The largest absolute Gasteiger partial charge is 0.383 e. The van der Waals surface area contributed by atoms with Crippen LogP contribution in [0.5, 0.6) is 0 Å². The first kappa shape index (κ1) is 16.7. The number of ether oxygens (including phenoxy) is 1. The summed E-state index contributed by atoms with van der Waals surface area (Å²) in [7, 11) is 1.73. The lowest BCUT2D eigenvalue weighted by Crippen LogP contribution is -2.49. The van der Waals surface area contributed by atoms with Crippen LogP contribution in [0.4, 0.5) is 5.13 Å². The van der Waals surface area contributed by atoms with E-state index in [1.165, 1.54) is 16.4 Å². The van der Waals surface area contributed by atoms with Gasteiger partial charge in [-0.1, -0.05) is 6.92 Å². The minimum atomic E-state index is 0.698. The lowest BCUT2D eigenvalue weighted by molar-refractivity contribution is 0.193. The van der Waals surface area contributed by atoms with E-state index >= 15 is 0 Å². The predicted molar refractivity (Wildman–Crippen MR) is 89.2 cm³/mol. The van der Waals surface area contributed by atoms with Crippen molar-refractivity contribution in [1.29, 1.82) is 0 Å². The maximum atomic E-state index is 5.03. The van der Waals surface area contributed by atoms with E-state index < -0.39 is 0 Å². The topological polar surface area (TPSA) is 40.6 Å². The van der Waals surface area contributed by atoms with Crippen LogP contribution in [0.25, 0.3) is 0 Å². The molecule has 1 aliphatic heterocycles. The Kier molecular flexibility index (Phi) is 6.89. The summed E-state index contributed by atoms with van der Waals surface area (Å²) in [4.78, 5) is 10.9. The van der Waals surface area contributed by atoms with Gasteiger partial charge in [-0.2, -0.15) is 0 Å². The summed E-state index contributed by atoms with van der Waals surface area (Å²) < 4.78 is 5.03. The molecule has 0 spiro atoms. The molecule has 0 radical (unpaired) electrons. The Morgan fingerprint density at radius 1 is 1.38 bits per heavy atom. The van der Waals surface area contributed by atoms with Gasteiger partial charge in [-0.05, 0) is 13.3 Å². The van der Waals surface area contributed by atoms with Crippen molar-refractivity contribution in [1.82, 2.24) is 15.2 Å². The number of aromatic nitrogens is 1. The molecule has 1 aromatic heterocycles. The van der Waals surface area contributed by atoms with Crippen LogP contribution in [0.3, 0.4) is 0 Å². The summed E-state index contributed by atoms with van der Waals surface area (Å²) in [5, 5.41) is 4.54. The fourth-order valence-corrected chi connectivity index (χ4v) is 3.45. The summed E-state index contributed by atoms with van der Waals surface area (Å²) in [6.07, 6.45) is 3.23. The second-order valence-corrected chi connectivity index (χ2v) is 6.65. The molecule has 21 heavy (non-hydrogen) atoms. The maximum absolute atomic E-state index is 5.03. The molecule has 1 aliphatic rings. The van der Waals surface area contributed by atoms with Gasteiger partial charge in [0.1, 0.15) is 0 Å². The minimum absolute atomic E-state index is 0.698. The second kappa shape index (κ2) is 8.68. The van der Waals surface area contributed by atoms with Gasteiger partial charge in [0.2, 0.25) is 0 Å². The van der Waals surface area contributed by atoms with Crippen LogP contribution in [-0.2, 0) is 11.3 Å². The number of rotatable bonds is 8. The fraction of sp³-hybridized carbons (Fsp3) is 0.800. The van der Waals surface area contributed by atoms with Crippen LogP contribution < -0.4 is 10.2 Å². The van der Waals surface area contributed by atoms with Crippen molar-refractivity contribution in [3.63, 3.8) is 0 Å². The highest BCUT2D eigenvalue weighted by Crippen LogP contribution is 2.24. The fourth-order valence-electron chi connectivity index (χ4n) is 2.52. The zero-order valence-electron chi connectivity index (χ0n) is 13.5. The van der Waals surface area contributed by atoms with Gasteiger partial charge < -0.3 is 15.0 Å². The monoisotopic (exact) mass is 312 g/mol. The van der Waals surface area contributed by atoms with Crippen molar-refractivity contribution in [2.75, 3.05) is 51.3 Å². The van der Waals surface area contributed by atoms with E-state index in [1.54, 1.807) is 18.4 Å². The summed E-state index contributed by atoms with van der Waals surface area (Å²) in [6.45, 7) is 11.6. The van der Waals surface area contributed by atoms with Crippen LogP contribution in [-0.4, -0.2) is 62.4 Å². The Labute approximate surface area is 132 Å². The molecule has 1 atom stereocenters. The molecule has 1 fully saturated rings. The Bertz CT molecular complexity index is 404. The van der Waals surface area contributed by atoms with E-state index in [2.05, 4.69) is 33.9 Å². The average molecular weight is 312 g/mol. The average Bonchev–Trinajstić information content (AvgIpc) is 3.00. The van der Waals surface area contributed by atoms with Gasteiger partial charge >= 0.3 is 0 Å². The lowest BCUT2D eigenvalue weighted by Gasteiger charge is -2.37. The van der Waals surface area contributed by atoms with Crippen molar-refractivity contribution in [3.8, 4) is 0 Å². The molecule has 6 heteroatoms. The standard InChI is InChI=1S/C15H28N4OS/c1-4-13(2)18-6-8-19(9-7-18)15-17-12-14(21-15)11-16-5-10-20-3/h12-13,16H,4-11H2,1-3H3. The molecule has 2 heterocycles. The summed E-state index contributed by atoms with van der Waals surface area (Å²) in [5.74, 6) is 0. The highest BCUT2D eigenvalue weighted by molar-refractivity contribution is 7.15. The van der Waals surface area contributed by atoms with Crippen LogP contribution in [0.2, 0.25) is 0 Å². The molecule has 2 rings (SSSR count). The van der Waals surface area contributed by atoms with Gasteiger partial charge in [-0.3, -0.25) is 4.90 Å². The SMILES string of the molecule is CCC(C)N1CCN(c2ncc(CNCCOC)s2)CC1. The summed E-state index contributed by atoms with van der Waals surface area (Å²) in [5.41, 5.74) is 0. The Morgan fingerprint density at radius 3 is 2.81 bits per heavy atom. The molecule has 1 N–H and O–H groups in total. The van der Waals surface area contributed by atoms with E-state index in [-0.39, 0.29) is 0 Å². The first-order valence-electron chi connectivity index (χ1n) is 7.88. The molecular weight excluding hydrogens is 284 g/mol. The third-order valence-corrected chi connectivity index (χ3v) is 5.18. The van der Waals surface area contributed by atoms with Gasteiger partial charge in [-0.25, -0.2) is 4.98 Å². The van der Waals surface area contributed by atoms with Crippen molar-refractivity contribution >= 4 is 16.5 Å². The predicted octanol–water partition coefficient (Wildman–Crippen LogP) is 1.80. The first-order valence-corrected chi connectivity index (χ1v) is 8.69. The summed E-state index contributed by atoms with van der Waals surface area (Å²) in [6, 6.07) is 0.698. The smallest absolute Gasteiger partial charge is 0.185 e. The number of piperazine rings is 1. The molecule has 1 saturated heterocycles. The third kappa shape index (κ3) is 4.92. The number of nitrogens with zero attached hydrogens (tertiary/aromatic N) is 3. The van der Waals surface area contributed by atoms with Crippen LogP contribution >= 0.6 is 11.3 Å². The van der Waals surface area contributed by atoms with Gasteiger partial charge in [0, 0.05) is 63.5 Å². The van der Waals surface area contributed by atoms with Crippen LogP contribution in [0, 0.1) is 0 Å². The zero-order chi connectivity index (χ0) is 15.1. The normalized spacial score (nSPS) is 18.1. The molecule has 0 bridgehead atoms. The van der Waals surface area contributed by atoms with E-state index in [0.717, 1.165) is 45.9 Å². The molecule has 120 valence electrons. The molecule has 0 aliphatic carbocycles. The molecule has 5 nitrogen and oxygen atoms in total. The molecular formula is C15H28N4OS. The van der Waals surface area contributed by atoms with Crippen molar-refractivity contribution in [2.45, 2.75) is 32.9 Å². The van der Waals surface area contributed by atoms with E-state index in [0.29, 0.717) is 6.04 Å². The highest BCUT2D eigenvalue weighted by atomic mass is 32.1. The Morgan fingerprint density at radius 2 is 2.14 bits per heavy atom. The minimum Gasteiger partial charge on any atom is -0.383 e. The van der Waals surface area contributed by atoms with E-state index in [9.17, 15) is 0 Å². The number of hydrogen-bond donors (Lipinski definition) is 1. The van der Waals surface area contributed by atoms with Gasteiger partial charge in [0.25, 0.3) is 0 Å². The Hall–Kier alpha value is -0.690.